The summed E-state index contributed by atoms with van der Waals surface area (Å²) in [7, 11) is 5.65. The third-order valence-corrected chi connectivity index (χ3v) is 6.88. The van der Waals surface area contributed by atoms with Gasteiger partial charge < -0.3 is 10.1 Å². The number of urea groups is 1. The Kier molecular flexibility index (Phi) is 5.28. The van der Waals surface area contributed by atoms with Crippen molar-refractivity contribution in [2.24, 2.45) is 0 Å². The minimum Gasteiger partial charge on any atom is -0.465 e. The van der Waals surface area contributed by atoms with Crippen LogP contribution in [0.4, 0.5) is 10.5 Å². The summed E-state index contributed by atoms with van der Waals surface area (Å²) in [5.41, 5.74) is 2.39. The van der Waals surface area contributed by atoms with Gasteiger partial charge in [-0.05, 0) is 69.6 Å². The van der Waals surface area contributed by atoms with Gasteiger partial charge >= 0.3 is 12.0 Å². The van der Waals surface area contributed by atoms with Crippen molar-refractivity contribution >= 4 is 17.7 Å². The highest BCUT2D eigenvalue weighted by Crippen LogP contribution is 2.46. The Hall–Kier alpha value is -2.86. The number of carbonyl (C=O) groups is 2. The summed E-state index contributed by atoms with van der Waals surface area (Å²) in [6, 6.07) is 17.6. The van der Waals surface area contributed by atoms with E-state index >= 15 is 0 Å². The lowest BCUT2D eigenvalue weighted by molar-refractivity contribution is 0.0600. The number of nitrogens with one attached hydrogen (secondary N) is 1. The van der Waals surface area contributed by atoms with Gasteiger partial charge in [-0.3, -0.25) is 9.80 Å². The Labute approximate surface area is 177 Å². The van der Waals surface area contributed by atoms with Crippen molar-refractivity contribution < 1.29 is 14.3 Å². The quantitative estimate of drug-likeness (QED) is 0.784. The molecule has 1 saturated heterocycles. The fraction of sp³-hybridized carbons (Fsp3) is 0.417. The first-order valence-corrected chi connectivity index (χ1v) is 10.4. The van der Waals surface area contributed by atoms with E-state index in [2.05, 4.69) is 54.6 Å². The topological polar surface area (TPSA) is 61.9 Å². The first-order chi connectivity index (χ1) is 14.4. The summed E-state index contributed by atoms with van der Waals surface area (Å²) in [4.78, 5) is 28.6. The number of nitrogens with zero attached hydrogens (tertiary/aromatic N) is 2. The predicted molar refractivity (Wildman–Crippen MR) is 117 cm³/mol. The summed E-state index contributed by atoms with van der Waals surface area (Å²) in [6.45, 7) is 0.641. The number of hydrogen-bond acceptors (Lipinski definition) is 4. The van der Waals surface area contributed by atoms with Crippen LogP contribution in [0.3, 0.4) is 0 Å². The van der Waals surface area contributed by atoms with E-state index in [0.29, 0.717) is 12.1 Å². The standard InChI is InChI=1S/C24H29N3O3/c1-26(2)24(19-7-5-4-6-8-19)15-13-23(14-16-24)17-27(22(29)25-23)20-11-9-18(10-12-20)21(28)30-3/h4-12H,13-17H2,1-3H3,(H,25,29)/t23-,24-. The van der Waals surface area contributed by atoms with Crippen LogP contribution in [0.15, 0.2) is 54.6 Å². The average molecular weight is 408 g/mol. The lowest BCUT2D eigenvalue weighted by atomic mass is 9.69. The smallest absolute Gasteiger partial charge is 0.337 e. The molecule has 6 nitrogen and oxygen atoms in total. The Morgan fingerprint density at radius 2 is 1.63 bits per heavy atom. The highest BCUT2D eigenvalue weighted by molar-refractivity contribution is 5.96. The van der Waals surface area contributed by atoms with Gasteiger partial charge in [0, 0.05) is 11.2 Å². The normalized spacial score (nSPS) is 26.1. The van der Waals surface area contributed by atoms with Gasteiger partial charge in [-0.2, -0.15) is 0 Å². The molecule has 1 aliphatic carbocycles. The first-order valence-electron chi connectivity index (χ1n) is 10.4. The molecular weight excluding hydrogens is 378 g/mol. The fourth-order valence-electron chi connectivity index (χ4n) is 4.98. The SMILES string of the molecule is COC(=O)c1ccc(N2C[C@]3(CC[C@@](c4ccccc4)(N(C)C)CC3)NC2=O)cc1. The van der Waals surface area contributed by atoms with Crippen LogP contribution in [0.5, 0.6) is 0 Å². The van der Waals surface area contributed by atoms with Crippen LogP contribution in [0.1, 0.15) is 41.6 Å². The average Bonchev–Trinajstić information content (AvgIpc) is 3.10. The monoisotopic (exact) mass is 407 g/mol. The van der Waals surface area contributed by atoms with E-state index in [9.17, 15) is 9.59 Å². The summed E-state index contributed by atoms with van der Waals surface area (Å²) in [5.74, 6) is -0.378. The number of methoxy groups -OCH3 is 1. The van der Waals surface area contributed by atoms with Gasteiger partial charge in [0.1, 0.15) is 0 Å². The molecule has 1 spiro atoms. The molecule has 6 heteroatoms. The maximum atomic E-state index is 12.8. The van der Waals surface area contributed by atoms with Crippen molar-refractivity contribution in [1.29, 1.82) is 0 Å². The van der Waals surface area contributed by atoms with E-state index in [1.807, 2.05) is 12.1 Å². The van der Waals surface area contributed by atoms with Crippen LogP contribution in [0, 0.1) is 0 Å². The highest BCUT2D eigenvalue weighted by Gasteiger charge is 2.50. The second-order valence-corrected chi connectivity index (χ2v) is 8.63. The Balaban J connectivity index is 1.51. The van der Waals surface area contributed by atoms with Crippen molar-refractivity contribution in [3.8, 4) is 0 Å². The molecule has 0 radical (unpaired) electrons. The highest BCUT2D eigenvalue weighted by atomic mass is 16.5. The molecule has 1 aliphatic heterocycles. The molecule has 158 valence electrons. The lowest BCUT2D eigenvalue weighted by Crippen LogP contribution is -2.54. The molecule has 2 aromatic carbocycles. The second kappa shape index (κ2) is 7.76. The van der Waals surface area contributed by atoms with Gasteiger partial charge in [-0.1, -0.05) is 30.3 Å². The number of carbonyl (C=O) groups excluding carboxylic acids is 2. The minimum absolute atomic E-state index is 0.00712. The molecule has 0 bridgehead atoms. The molecule has 2 amide bonds. The summed E-state index contributed by atoms with van der Waals surface area (Å²) < 4.78 is 4.75. The third kappa shape index (κ3) is 3.45. The third-order valence-electron chi connectivity index (χ3n) is 6.88. The molecule has 1 N–H and O–H groups in total. The van der Waals surface area contributed by atoms with E-state index < -0.39 is 0 Å². The predicted octanol–water partition coefficient (Wildman–Crippen LogP) is 3.77. The number of amides is 2. The molecule has 0 unspecified atom stereocenters. The zero-order chi connectivity index (χ0) is 21.4. The number of benzene rings is 2. The molecule has 2 aliphatic rings. The molecule has 1 saturated carbocycles. The van der Waals surface area contributed by atoms with Crippen molar-refractivity contribution in [3.63, 3.8) is 0 Å². The Morgan fingerprint density at radius 3 is 2.20 bits per heavy atom. The maximum Gasteiger partial charge on any atom is 0.337 e. The number of anilines is 1. The van der Waals surface area contributed by atoms with Crippen LogP contribution in [0.2, 0.25) is 0 Å². The van der Waals surface area contributed by atoms with Crippen molar-refractivity contribution in [2.45, 2.75) is 36.8 Å². The van der Waals surface area contributed by atoms with Gasteiger partial charge in [0.05, 0.1) is 24.8 Å². The van der Waals surface area contributed by atoms with Crippen LogP contribution in [-0.4, -0.2) is 50.2 Å². The molecule has 30 heavy (non-hydrogen) atoms. The summed E-state index contributed by atoms with van der Waals surface area (Å²) in [6.07, 6.45) is 3.81. The number of ether oxygens (including phenoxy) is 1. The van der Waals surface area contributed by atoms with Gasteiger partial charge in [-0.15, -0.1) is 0 Å². The molecule has 4 rings (SSSR count). The number of esters is 1. The van der Waals surface area contributed by atoms with E-state index in [0.717, 1.165) is 31.4 Å². The second-order valence-electron chi connectivity index (χ2n) is 8.63. The molecule has 2 fully saturated rings. The van der Waals surface area contributed by atoms with Gasteiger partial charge in [0.25, 0.3) is 0 Å². The maximum absolute atomic E-state index is 12.8. The van der Waals surface area contributed by atoms with Crippen molar-refractivity contribution in [1.82, 2.24) is 10.2 Å². The molecule has 0 atom stereocenters. The molecule has 2 aromatic rings. The zero-order valence-corrected chi connectivity index (χ0v) is 17.9. The van der Waals surface area contributed by atoms with Crippen LogP contribution in [-0.2, 0) is 10.3 Å². The van der Waals surface area contributed by atoms with Gasteiger partial charge in [-0.25, -0.2) is 9.59 Å². The van der Waals surface area contributed by atoms with Crippen molar-refractivity contribution in [3.05, 3.63) is 65.7 Å². The van der Waals surface area contributed by atoms with Crippen LogP contribution >= 0.6 is 0 Å². The summed E-state index contributed by atoms with van der Waals surface area (Å²) in [5, 5.41) is 3.27. The van der Waals surface area contributed by atoms with Gasteiger partial charge in [0.2, 0.25) is 0 Å². The van der Waals surface area contributed by atoms with Crippen LogP contribution < -0.4 is 10.2 Å². The van der Waals surface area contributed by atoms with E-state index in [1.165, 1.54) is 12.7 Å². The number of rotatable bonds is 4. The molecule has 1 heterocycles. The van der Waals surface area contributed by atoms with E-state index in [4.69, 9.17) is 4.74 Å². The van der Waals surface area contributed by atoms with Crippen molar-refractivity contribution in [2.75, 3.05) is 32.6 Å². The van der Waals surface area contributed by atoms with Gasteiger partial charge in [0.15, 0.2) is 0 Å². The largest absolute Gasteiger partial charge is 0.465 e. The molecular formula is C24H29N3O3. The molecule has 0 aromatic heterocycles. The minimum atomic E-state index is -0.378. The van der Waals surface area contributed by atoms with Crippen LogP contribution in [0.25, 0.3) is 0 Å². The number of hydrogen-bond donors (Lipinski definition) is 1. The first kappa shape index (κ1) is 20.4. The van der Waals surface area contributed by atoms with E-state index in [-0.39, 0.29) is 23.1 Å². The Bertz CT molecular complexity index is 916. The van der Waals surface area contributed by atoms with E-state index in [1.54, 1.807) is 17.0 Å². The fourth-order valence-corrected chi connectivity index (χ4v) is 4.98. The lowest BCUT2D eigenvalue weighted by Gasteiger charge is -2.48. The Morgan fingerprint density at radius 1 is 1.00 bits per heavy atom. The zero-order valence-electron chi connectivity index (χ0n) is 17.9. The summed E-state index contributed by atoms with van der Waals surface area (Å²) >= 11 is 0.